The van der Waals surface area contributed by atoms with Gasteiger partial charge in [0.25, 0.3) is 0 Å². The number of para-hydroxylation sites is 1. The molecule has 1 aliphatic carbocycles. The van der Waals surface area contributed by atoms with E-state index in [9.17, 15) is 10.1 Å². The molecule has 11 nitrogen and oxygen atoms in total. The lowest BCUT2D eigenvalue weighted by molar-refractivity contribution is -0.111. The molecule has 0 aliphatic heterocycles. The van der Waals surface area contributed by atoms with Gasteiger partial charge in [0.05, 0.1) is 48.1 Å². The van der Waals surface area contributed by atoms with Gasteiger partial charge in [0.15, 0.2) is 0 Å². The van der Waals surface area contributed by atoms with Crippen LogP contribution >= 0.6 is 0 Å². The Labute approximate surface area is 258 Å². The molecule has 4 rings (SSSR count). The van der Waals surface area contributed by atoms with E-state index in [1.165, 1.54) is 12.3 Å². The summed E-state index contributed by atoms with van der Waals surface area (Å²) in [6.45, 7) is 9.03. The maximum Gasteiger partial charge on any atom is 0.247 e. The van der Waals surface area contributed by atoms with Gasteiger partial charge < -0.3 is 34.5 Å². The number of carbonyl (C=O) groups excluding carboxylic acids is 1. The zero-order valence-electron chi connectivity index (χ0n) is 26.1. The molecule has 2 N–H and O–H groups in total. The molecule has 44 heavy (non-hydrogen) atoms. The second kappa shape index (κ2) is 14.4. The Balaban J connectivity index is 1.62. The molecule has 2 aromatic carbocycles. The standard InChI is InChI=1S/C33H40N8O3/c1-8-31(42)38-26-16-27(30(44-7)17-28(26)40(5)15-14-39(3)4)37-21-36-19-22(18-34)32(35-2)25-20-41(23-12-13-23)33-24(25)10-9-11-29(33)43-6/h8-11,16-17,19-20,23,37H,1-2,12-15,21H2,3-7H3,(H,38,42)/b32-22-,36-19-. The fraction of sp³-hybridized carbons (Fsp3) is 0.333. The quantitative estimate of drug-likeness (QED) is 0.141. The molecular formula is C33H40N8O3. The highest BCUT2D eigenvalue weighted by atomic mass is 16.5. The van der Waals surface area contributed by atoms with Gasteiger partial charge in [-0.2, -0.15) is 5.26 Å². The van der Waals surface area contributed by atoms with Gasteiger partial charge in [-0.1, -0.05) is 18.7 Å². The lowest BCUT2D eigenvalue weighted by atomic mass is 10.1. The van der Waals surface area contributed by atoms with Gasteiger partial charge in [-0.25, -0.2) is 0 Å². The van der Waals surface area contributed by atoms with E-state index >= 15 is 0 Å². The molecular weight excluding hydrogens is 556 g/mol. The third-order valence-corrected chi connectivity index (χ3v) is 7.40. The van der Waals surface area contributed by atoms with Crippen molar-refractivity contribution in [2.24, 2.45) is 9.98 Å². The topological polar surface area (TPSA) is 120 Å². The first kappa shape index (κ1) is 31.8. The normalized spacial score (nSPS) is 13.4. The van der Waals surface area contributed by atoms with Gasteiger partial charge in [0.2, 0.25) is 5.91 Å². The largest absolute Gasteiger partial charge is 0.495 e. The van der Waals surface area contributed by atoms with Gasteiger partial charge in [-0.3, -0.25) is 14.8 Å². The third kappa shape index (κ3) is 7.10. The summed E-state index contributed by atoms with van der Waals surface area (Å²) in [6.07, 6.45) is 6.93. The maximum atomic E-state index is 12.2. The molecule has 11 heteroatoms. The molecule has 1 fully saturated rings. The Morgan fingerprint density at radius 1 is 1.16 bits per heavy atom. The van der Waals surface area contributed by atoms with Crippen LogP contribution in [-0.4, -0.2) is 83.4 Å². The zero-order chi connectivity index (χ0) is 31.8. The Kier molecular flexibility index (Phi) is 10.4. The van der Waals surface area contributed by atoms with Crippen molar-refractivity contribution in [3.63, 3.8) is 0 Å². The van der Waals surface area contributed by atoms with Gasteiger partial charge in [-0.15, -0.1) is 0 Å². The number of hydrogen-bond acceptors (Lipinski definition) is 9. The smallest absolute Gasteiger partial charge is 0.247 e. The average molecular weight is 597 g/mol. The number of amides is 1. The maximum absolute atomic E-state index is 12.2. The molecule has 230 valence electrons. The Morgan fingerprint density at radius 3 is 2.52 bits per heavy atom. The van der Waals surface area contributed by atoms with E-state index in [1.54, 1.807) is 20.3 Å². The van der Waals surface area contributed by atoms with Crippen LogP contribution in [0.3, 0.4) is 0 Å². The monoisotopic (exact) mass is 596 g/mol. The number of allylic oxidation sites excluding steroid dienone is 1. The molecule has 3 aromatic rings. The van der Waals surface area contributed by atoms with Gasteiger partial charge in [-0.05, 0) is 51.9 Å². The highest BCUT2D eigenvalue weighted by Crippen LogP contribution is 2.43. The summed E-state index contributed by atoms with van der Waals surface area (Å²) in [5.74, 6) is 1.03. The number of anilines is 3. The van der Waals surface area contributed by atoms with Crippen LogP contribution in [-0.2, 0) is 4.79 Å². The highest BCUT2D eigenvalue weighted by Gasteiger charge is 2.28. The number of nitriles is 1. The third-order valence-electron chi connectivity index (χ3n) is 7.40. The minimum atomic E-state index is -0.324. The van der Waals surface area contributed by atoms with E-state index in [0.29, 0.717) is 28.9 Å². The fourth-order valence-corrected chi connectivity index (χ4v) is 4.95. The van der Waals surface area contributed by atoms with Crippen molar-refractivity contribution in [2.45, 2.75) is 18.9 Å². The minimum absolute atomic E-state index is 0.133. The second-order valence-corrected chi connectivity index (χ2v) is 10.7. The number of aliphatic imine (C=N–C) groups is 2. The molecule has 1 amide bonds. The number of hydrogen-bond donors (Lipinski definition) is 2. The van der Waals surface area contributed by atoms with Crippen LogP contribution < -0.4 is 25.0 Å². The molecule has 0 bridgehead atoms. The number of ether oxygens (including phenoxy) is 2. The van der Waals surface area contributed by atoms with Crippen molar-refractivity contribution < 1.29 is 14.3 Å². The van der Waals surface area contributed by atoms with Crippen molar-refractivity contribution in [2.75, 3.05) is 70.7 Å². The van der Waals surface area contributed by atoms with Gasteiger partial charge >= 0.3 is 0 Å². The van der Waals surface area contributed by atoms with Crippen LogP contribution in [0.15, 0.2) is 64.7 Å². The molecule has 1 aliphatic rings. The van der Waals surface area contributed by atoms with E-state index in [-0.39, 0.29) is 18.1 Å². The van der Waals surface area contributed by atoms with Gasteiger partial charge in [0, 0.05) is 55.6 Å². The molecule has 1 saturated carbocycles. The summed E-state index contributed by atoms with van der Waals surface area (Å²) < 4.78 is 13.5. The van der Waals surface area contributed by atoms with Crippen molar-refractivity contribution in [1.82, 2.24) is 9.47 Å². The summed E-state index contributed by atoms with van der Waals surface area (Å²) in [5, 5.41) is 17.1. The first-order chi connectivity index (χ1) is 21.3. The number of rotatable bonds is 15. The van der Waals surface area contributed by atoms with Crippen molar-refractivity contribution in [3.8, 4) is 17.6 Å². The Hall–Kier alpha value is -5.08. The summed E-state index contributed by atoms with van der Waals surface area (Å²) >= 11 is 0. The van der Waals surface area contributed by atoms with Crippen molar-refractivity contribution >= 4 is 52.5 Å². The van der Waals surface area contributed by atoms with Crippen molar-refractivity contribution in [3.05, 3.63) is 60.3 Å². The molecule has 1 aromatic heterocycles. The molecule has 0 spiro atoms. The Bertz CT molecular complexity index is 1640. The first-order valence-corrected chi connectivity index (χ1v) is 14.3. The van der Waals surface area contributed by atoms with Crippen LogP contribution in [0.5, 0.6) is 11.5 Å². The van der Waals surface area contributed by atoms with E-state index in [0.717, 1.165) is 53.8 Å². The fourth-order valence-electron chi connectivity index (χ4n) is 4.95. The van der Waals surface area contributed by atoms with Crippen LogP contribution in [0.4, 0.5) is 17.1 Å². The van der Waals surface area contributed by atoms with E-state index in [2.05, 4.69) is 49.5 Å². The van der Waals surface area contributed by atoms with Gasteiger partial charge in [0.1, 0.15) is 24.2 Å². The molecule has 1 heterocycles. The molecule has 0 atom stereocenters. The predicted octanol–water partition coefficient (Wildman–Crippen LogP) is 5.19. The number of methoxy groups -OCH3 is 2. The number of carbonyl (C=O) groups is 1. The number of aromatic nitrogens is 1. The number of benzene rings is 2. The zero-order valence-corrected chi connectivity index (χ0v) is 26.1. The van der Waals surface area contributed by atoms with Crippen LogP contribution in [0, 0.1) is 11.3 Å². The summed E-state index contributed by atoms with van der Waals surface area (Å²) in [4.78, 5) is 25.1. The minimum Gasteiger partial charge on any atom is -0.495 e. The van der Waals surface area contributed by atoms with E-state index in [4.69, 9.17) is 9.47 Å². The Morgan fingerprint density at radius 2 is 1.91 bits per heavy atom. The number of nitrogens with one attached hydrogen (secondary N) is 2. The van der Waals surface area contributed by atoms with Crippen LogP contribution in [0.2, 0.25) is 0 Å². The first-order valence-electron chi connectivity index (χ1n) is 14.3. The van der Waals surface area contributed by atoms with Crippen LogP contribution in [0.1, 0.15) is 24.4 Å². The predicted molar refractivity (Wildman–Crippen MR) is 179 cm³/mol. The van der Waals surface area contributed by atoms with E-state index < -0.39 is 0 Å². The lowest BCUT2D eigenvalue weighted by Crippen LogP contribution is -2.29. The number of likely N-dealkylation sites (N-methyl/N-ethyl adjacent to an activating group) is 2. The average Bonchev–Trinajstić information content (AvgIpc) is 3.81. The van der Waals surface area contributed by atoms with Crippen molar-refractivity contribution in [1.29, 1.82) is 5.26 Å². The molecule has 0 radical (unpaired) electrons. The summed E-state index contributed by atoms with van der Waals surface area (Å²) in [7, 11) is 9.21. The number of nitrogens with zero attached hydrogens (tertiary/aromatic N) is 6. The SMILES string of the molecule is C=CC(=O)Nc1cc(NC/N=C\C(C#N)=C(/N=C)c2cn(C3CC3)c3c(OC)cccc23)c(OC)cc1N(C)CCN(C)C. The summed E-state index contributed by atoms with van der Waals surface area (Å²) in [5.41, 5.74) is 4.53. The highest BCUT2D eigenvalue weighted by molar-refractivity contribution is 6.04. The second-order valence-electron chi connectivity index (χ2n) is 10.7. The molecule has 0 saturated heterocycles. The molecule has 0 unspecified atom stereocenters. The van der Waals surface area contributed by atoms with Crippen LogP contribution in [0.25, 0.3) is 16.6 Å². The van der Waals surface area contributed by atoms with E-state index in [1.807, 2.05) is 56.5 Å². The lowest BCUT2D eigenvalue weighted by Gasteiger charge is -2.26. The summed E-state index contributed by atoms with van der Waals surface area (Å²) in [6, 6.07) is 12.2. The number of fused-ring (bicyclic) bond motifs is 1.